The van der Waals surface area contributed by atoms with Crippen LogP contribution in [-0.2, 0) is 6.54 Å². The largest absolute Gasteiger partial charge is 0.464 e. The average Bonchev–Trinajstić information content (AvgIpc) is 2.96. The number of furan rings is 1. The Morgan fingerprint density at radius 3 is 2.95 bits per heavy atom. The summed E-state index contributed by atoms with van der Waals surface area (Å²) < 4.78 is 5.56. The first-order valence-corrected chi connectivity index (χ1v) is 6.14. The molecule has 19 heavy (non-hydrogen) atoms. The van der Waals surface area contributed by atoms with Crippen molar-refractivity contribution in [2.24, 2.45) is 0 Å². The summed E-state index contributed by atoms with van der Waals surface area (Å²) in [4.78, 5) is 10.3. The highest BCUT2D eigenvalue weighted by Crippen LogP contribution is 2.24. The van der Waals surface area contributed by atoms with Gasteiger partial charge in [-0.15, -0.1) is 0 Å². The van der Waals surface area contributed by atoms with Gasteiger partial charge in [0.05, 0.1) is 18.1 Å². The molecule has 0 aliphatic heterocycles. The molecule has 3 aromatic heterocycles. The van der Waals surface area contributed by atoms with E-state index in [0.29, 0.717) is 12.2 Å². The quantitative estimate of drug-likeness (QED) is 0.745. The molecule has 3 rings (SSSR count). The van der Waals surface area contributed by atoms with Crippen LogP contribution in [-0.4, -0.2) is 27.2 Å². The summed E-state index contributed by atoms with van der Waals surface area (Å²) in [5.41, 5.74) is 0.623. The lowest BCUT2D eigenvalue weighted by Gasteiger charge is -2.17. The lowest BCUT2D eigenvalue weighted by atomic mass is 10.3. The average molecular weight is 278 g/mol. The monoisotopic (exact) mass is 277 g/mol. The first-order chi connectivity index (χ1) is 9.13. The molecule has 7 heteroatoms. The highest BCUT2D eigenvalue weighted by Gasteiger charge is 2.13. The molecular formula is C12H12ClN5O. The lowest BCUT2D eigenvalue weighted by molar-refractivity contribution is 0.481. The summed E-state index contributed by atoms with van der Waals surface area (Å²) >= 11 is 5.91. The maximum Gasteiger partial charge on any atom is 0.226 e. The molecule has 3 heterocycles. The van der Waals surface area contributed by atoms with E-state index in [4.69, 9.17) is 16.0 Å². The summed E-state index contributed by atoms with van der Waals surface area (Å²) in [6.45, 7) is 2.51. The second-order valence-electron chi connectivity index (χ2n) is 4.32. The second-order valence-corrected chi connectivity index (χ2v) is 4.66. The molecule has 1 N–H and O–H groups in total. The zero-order valence-electron chi connectivity index (χ0n) is 10.5. The van der Waals surface area contributed by atoms with Crippen LogP contribution in [0.15, 0.2) is 22.7 Å². The van der Waals surface area contributed by atoms with E-state index in [1.807, 2.05) is 31.0 Å². The molecule has 0 spiro atoms. The maximum atomic E-state index is 5.91. The molecular weight excluding hydrogens is 266 g/mol. The Labute approximate surface area is 114 Å². The SMILES string of the molecule is Cc1ccc(CN(C)c2nc(Cl)nc3[nH]ncc23)o1. The normalized spacial score (nSPS) is 11.1. The minimum absolute atomic E-state index is 0.189. The molecule has 0 atom stereocenters. The number of nitrogens with one attached hydrogen (secondary N) is 1. The van der Waals surface area contributed by atoms with Gasteiger partial charge < -0.3 is 9.32 Å². The van der Waals surface area contributed by atoms with E-state index in [1.165, 1.54) is 0 Å². The molecule has 6 nitrogen and oxygen atoms in total. The van der Waals surface area contributed by atoms with Crippen molar-refractivity contribution in [3.63, 3.8) is 0 Å². The van der Waals surface area contributed by atoms with Crippen molar-refractivity contribution in [2.45, 2.75) is 13.5 Å². The van der Waals surface area contributed by atoms with Crippen molar-refractivity contribution in [1.29, 1.82) is 0 Å². The number of hydrogen-bond acceptors (Lipinski definition) is 5. The second kappa shape index (κ2) is 4.55. The van der Waals surface area contributed by atoms with Crippen LogP contribution in [0.4, 0.5) is 5.82 Å². The van der Waals surface area contributed by atoms with E-state index in [2.05, 4.69) is 20.2 Å². The van der Waals surface area contributed by atoms with Gasteiger partial charge in [-0.2, -0.15) is 15.1 Å². The van der Waals surface area contributed by atoms with Crippen LogP contribution in [0, 0.1) is 6.92 Å². The topological polar surface area (TPSA) is 70.8 Å². The number of halogens is 1. The molecule has 3 aromatic rings. The summed E-state index contributed by atoms with van der Waals surface area (Å²) in [5, 5.41) is 7.77. The highest BCUT2D eigenvalue weighted by atomic mass is 35.5. The van der Waals surface area contributed by atoms with Gasteiger partial charge in [0.2, 0.25) is 5.28 Å². The van der Waals surface area contributed by atoms with E-state index in [-0.39, 0.29) is 5.28 Å². The molecule has 98 valence electrons. The highest BCUT2D eigenvalue weighted by molar-refractivity contribution is 6.28. The molecule has 0 aromatic carbocycles. The Morgan fingerprint density at radius 2 is 2.21 bits per heavy atom. The van der Waals surface area contributed by atoms with Gasteiger partial charge >= 0.3 is 0 Å². The molecule has 0 unspecified atom stereocenters. The molecule has 0 saturated carbocycles. The van der Waals surface area contributed by atoms with E-state index in [1.54, 1.807) is 6.20 Å². The van der Waals surface area contributed by atoms with Crippen molar-refractivity contribution in [2.75, 3.05) is 11.9 Å². The Balaban J connectivity index is 1.96. The van der Waals surface area contributed by atoms with E-state index in [9.17, 15) is 0 Å². The predicted molar refractivity (Wildman–Crippen MR) is 72.2 cm³/mol. The van der Waals surface area contributed by atoms with Gasteiger partial charge in [0, 0.05) is 7.05 Å². The number of aryl methyl sites for hydroxylation is 1. The molecule has 0 radical (unpaired) electrons. The van der Waals surface area contributed by atoms with Crippen molar-refractivity contribution in [3.05, 3.63) is 35.1 Å². The maximum absolute atomic E-state index is 5.91. The minimum atomic E-state index is 0.189. The van der Waals surface area contributed by atoms with Crippen LogP contribution in [0.3, 0.4) is 0 Å². The summed E-state index contributed by atoms with van der Waals surface area (Å²) in [6, 6.07) is 3.88. The van der Waals surface area contributed by atoms with E-state index in [0.717, 1.165) is 22.7 Å². The third-order valence-corrected chi connectivity index (χ3v) is 2.98. The Kier molecular flexibility index (Phi) is 2.87. The smallest absolute Gasteiger partial charge is 0.226 e. The fourth-order valence-corrected chi connectivity index (χ4v) is 2.13. The minimum Gasteiger partial charge on any atom is -0.464 e. The fourth-order valence-electron chi connectivity index (χ4n) is 1.96. The summed E-state index contributed by atoms with van der Waals surface area (Å²) in [7, 11) is 1.92. The zero-order chi connectivity index (χ0) is 13.4. The van der Waals surface area contributed by atoms with Crippen LogP contribution in [0.25, 0.3) is 11.0 Å². The van der Waals surface area contributed by atoms with Crippen LogP contribution >= 0.6 is 11.6 Å². The molecule has 0 fully saturated rings. The van der Waals surface area contributed by atoms with Crippen LogP contribution in [0.2, 0.25) is 5.28 Å². The molecule has 0 saturated heterocycles. The number of aromatic nitrogens is 4. The number of hydrogen-bond donors (Lipinski definition) is 1. The van der Waals surface area contributed by atoms with Crippen molar-refractivity contribution < 1.29 is 4.42 Å². The Bertz CT molecular complexity index is 720. The van der Waals surface area contributed by atoms with Gasteiger partial charge in [0.15, 0.2) is 5.65 Å². The van der Waals surface area contributed by atoms with E-state index >= 15 is 0 Å². The van der Waals surface area contributed by atoms with Crippen LogP contribution in [0.5, 0.6) is 0 Å². The predicted octanol–water partition coefficient (Wildman–Crippen LogP) is 2.54. The van der Waals surface area contributed by atoms with Crippen molar-refractivity contribution in [3.8, 4) is 0 Å². The lowest BCUT2D eigenvalue weighted by Crippen LogP contribution is -2.17. The fraction of sp³-hybridized carbons (Fsp3) is 0.250. The summed E-state index contributed by atoms with van der Waals surface area (Å²) in [6.07, 6.45) is 1.69. The van der Waals surface area contributed by atoms with Crippen LogP contribution in [0.1, 0.15) is 11.5 Å². The number of rotatable bonds is 3. The van der Waals surface area contributed by atoms with Gasteiger partial charge in [0.25, 0.3) is 0 Å². The molecule has 0 amide bonds. The van der Waals surface area contributed by atoms with Gasteiger partial charge in [0.1, 0.15) is 17.3 Å². The first kappa shape index (κ1) is 12.0. The van der Waals surface area contributed by atoms with Gasteiger partial charge in [-0.1, -0.05) is 0 Å². The summed E-state index contributed by atoms with van der Waals surface area (Å²) in [5.74, 6) is 2.47. The standard InChI is InChI=1S/C12H12ClN5O/c1-7-3-4-8(19-7)6-18(2)11-9-5-14-17-10(9)15-12(13)16-11/h3-5H,6H2,1-2H3,(H,14,15,16,17). The van der Waals surface area contributed by atoms with Crippen molar-refractivity contribution >= 4 is 28.5 Å². The first-order valence-electron chi connectivity index (χ1n) is 5.76. The Morgan fingerprint density at radius 1 is 1.37 bits per heavy atom. The number of anilines is 1. The number of H-pyrrole nitrogens is 1. The van der Waals surface area contributed by atoms with Crippen LogP contribution < -0.4 is 4.90 Å². The van der Waals surface area contributed by atoms with E-state index < -0.39 is 0 Å². The Hall–Kier alpha value is -2.08. The van der Waals surface area contributed by atoms with Gasteiger partial charge in [-0.3, -0.25) is 5.10 Å². The van der Waals surface area contributed by atoms with Gasteiger partial charge in [-0.05, 0) is 30.7 Å². The number of aromatic amines is 1. The third kappa shape index (κ3) is 2.26. The van der Waals surface area contributed by atoms with Gasteiger partial charge in [-0.25, -0.2) is 0 Å². The molecule has 0 bridgehead atoms. The van der Waals surface area contributed by atoms with Crippen molar-refractivity contribution in [1.82, 2.24) is 20.2 Å². The third-order valence-electron chi connectivity index (χ3n) is 2.81. The zero-order valence-corrected chi connectivity index (χ0v) is 11.3. The number of nitrogens with zero attached hydrogens (tertiary/aromatic N) is 4. The molecule has 0 aliphatic carbocycles. The molecule has 0 aliphatic rings. The number of fused-ring (bicyclic) bond motifs is 1.